The van der Waals surface area contributed by atoms with Crippen molar-refractivity contribution in [2.24, 2.45) is 0 Å². The Kier molecular flexibility index (Phi) is 6.43. The summed E-state index contributed by atoms with van der Waals surface area (Å²) in [4.78, 5) is 10.0. The summed E-state index contributed by atoms with van der Waals surface area (Å²) < 4.78 is 38.5. The van der Waals surface area contributed by atoms with Gasteiger partial charge in [-0.25, -0.2) is 8.42 Å². The third-order valence-corrected chi connectivity index (χ3v) is 5.23. The lowest BCUT2D eigenvalue weighted by Gasteiger charge is -2.26. The van der Waals surface area contributed by atoms with Crippen LogP contribution in [0, 0.1) is 17.0 Å². The molecule has 0 heterocycles. The van der Waals surface area contributed by atoms with Gasteiger partial charge in [0.05, 0.1) is 15.9 Å². The zero-order chi connectivity index (χ0) is 19.3. The van der Waals surface area contributed by atoms with Gasteiger partial charge in [-0.3, -0.25) is 10.1 Å². The van der Waals surface area contributed by atoms with E-state index in [0.717, 1.165) is 17.7 Å². The van der Waals surface area contributed by atoms with E-state index in [1.807, 2.05) is 19.1 Å². The fourth-order valence-electron chi connectivity index (χ4n) is 2.49. The van der Waals surface area contributed by atoms with Gasteiger partial charge in [0.25, 0.3) is 5.69 Å². The number of nitro benzene ring substituents is 1. The second kappa shape index (κ2) is 8.37. The van der Waals surface area contributed by atoms with E-state index in [1.165, 1.54) is 26.4 Å². The van der Waals surface area contributed by atoms with Crippen molar-refractivity contribution in [1.29, 1.82) is 0 Å². The lowest BCUT2D eigenvalue weighted by Crippen LogP contribution is -2.38. The van der Waals surface area contributed by atoms with E-state index in [-0.39, 0.29) is 10.6 Å². The predicted molar refractivity (Wildman–Crippen MR) is 95.1 cm³/mol. The summed E-state index contributed by atoms with van der Waals surface area (Å²) in [6.07, 6.45) is -0.857. The van der Waals surface area contributed by atoms with Crippen molar-refractivity contribution >= 4 is 15.7 Å². The van der Waals surface area contributed by atoms with Gasteiger partial charge in [-0.2, -0.15) is 4.72 Å². The number of non-ortho nitro benzene ring substituents is 1. The lowest BCUT2D eigenvalue weighted by molar-refractivity contribution is -0.384. The van der Waals surface area contributed by atoms with Crippen molar-refractivity contribution in [3.63, 3.8) is 0 Å². The summed E-state index contributed by atoms with van der Waals surface area (Å²) >= 11 is 0. The molecule has 0 fully saturated rings. The second-order valence-corrected chi connectivity index (χ2v) is 7.32. The number of nitro groups is 1. The molecule has 140 valence electrons. The smallest absolute Gasteiger partial charge is 0.269 e. The Balaban J connectivity index is 2.38. The minimum absolute atomic E-state index is 0.0910. The van der Waals surface area contributed by atoms with E-state index < -0.39 is 27.3 Å². The van der Waals surface area contributed by atoms with Crippen LogP contribution in [0.15, 0.2) is 53.4 Å². The summed E-state index contributed by atoms with van der Waals surface area (Å²) in [6, 6.07) is 11.1. The number of aryl methyl sites for hydroxylation is 1. The van der Waals surface area contributed by atoms with E-state index in [9.17, 15) is 18.5 Å². The van der Waals surface area contributed by atoms with Crippen LogP contribution in [0.25, 0.3) is 0 Å². The number of sulfonamides is 1. The molecule has 0 aliphatic carbocycles. The summed E-state index contributed by atoms with van der Waals surface area (Å²) in [6.45, 7) is 1.89. The molecule has 2 aromatic rings. The maximum absolute atomic E-state index is 12.7. The summed E-state index contributed by atoms with van der Waals surface area (Å²) in [5.41, 5.74) is 1.43. The van der Waals surface area contributed by atoms with E-state index in [0.29, 0.717) is 5.56 Å². The van der Waals surface area contributed by atoms with Crippen LogP contribution in [0.3, 0.4) is 0 Å². The Labute approximate surface area is 152 Å². The van der Waals surface area contributed by atoms with Gasteiger partial charge in [0.1, 0.15) is 0 Å². The van der Waals surface area contributed by atoms with Crippen molar-refractivity contribution in [1.82, 2.24) is 4.72 Å². The molecule has 1 N–H and O–H groups in total. The van der Waals surface area contributed by atoms with Crippen molar-refractivity contribution in [2.45, 2.75) is 24.2 Å². The molecule has 8 nitrogen and oxygen atoms in total. The SMILES string of the molecule is COC(OC)C(NS(=O)(=O)c1ccc([N+](=O)[O-])cc1)c1cccc(C)c1. The highest BCUT2D eigenvalue weighted by molar-refractivity contribution is 7.89. The molecule has 0 amide bonds. The van der Waals surface area contributed by atoms with E-state index in [4.69, 9.17) is 9.47 Å². The first-order valence-electron chi connectivity index (χ1n) is 7.67. The molecule has 0 spiro atoms. The van der Waals surface area contributed by atoms with Gasteiger partial charge in [0.2, 0.25) is 10.0 Å². The Bertz CT molecular complexity index is 863. The van der Waals surface area contributed by atoms with Gasteiger partial charge < -0.3 is 9.47 Å². The van der Waals surface area contributed by atoms with Crippen LogP contribution in [-0.2, 0) is 19.5 Å². The number of benzene rings is 2. The molecular weight excluding hydrogens is 360 g/mol. The van der Waals surface area contributed by atoms with Crippen LogP contribution >= 0.6 is 0 Å². The third kappa shape index (κ3) is 4.64. The number of nitrogens with zero attached hydrogens (tertiary/aromatic N) is 1. The average Bonchev–Trinajstić information content (AvgIpc) is 2.62. The van der Waals surface area contributed by atoms with E-state index in [2.05, 4.69) is 4.72 Å². The number of methoxy groups -OCH3 is 2. The van der Waals surface area contributed by atoms with Crippen LogP contribution in [0.4, 0.5) is 5.69 Å². The Hall–Kier alpha value is -2.33. The van der Waals surface area contributed by atoms with Gasteiger partial charge >= 0.3 is 0 Å². The predicted octanol–water partition coefficient (Wildman–Crippen LogP) is 2.54. The first-order valence-corrected chi connectivity index (χ1v) is 9.15. The molecule has 1 atom stereocenters. The van der Waals surface area contributed by atoms with Crippen LogP contribution in [0.5, 0.6) is 0 Å². The fourth-order valence-corrected chi connectivity index (χ4v) is 3.71. The van der Waals surface area contributed by atoms with Crippen molar-refractivity contribution in [3.05, 3.63) is 69.8 Å². The maximum atomic E-state index is 12.7. The number of ether oxygens (including phenoxy) is 2. The number of hydrogen-bond acceptors (Lipinski definition) is 6. The van der Waals surface area contributed by atoms with Gasteiger partial charge in [-0.1, -0.05) is 29.8 Å². The minimum atomic E-state index is -3.96. The molecule has 9 heteroatoms. The zero-order valence-corrected chi connectivity index (χ0v) is 15.4. The van der Waals surface area contributed by atoms with Gasteiger partial charge in [-0.15, -0.1) is 0 Å². The Morgan fingerprint density at radius 3 is 2.19 bits per heavy atom. The summed E-state index contributed by atoms with van der Waals surface area (Å²) in [5.74, 6) is 0. The largest absolute Gasteiger partial charge is 0.354 e. The quantitative estimate of drug-likeness (QED) is 0.428. The first-order chi connectivity index (χ1) is 12.3. The lowest BCUT2D eigenvalue weighted by atomic mass is 10.0. The van der Waals surface area contributed by atoms with Gasteiger partial charge in [0.15, 0.2) is 6.29 Å². The van der Waals surface area contributed by atoms with Crippen molar-refractivity contribution < 1.29 is 22.8 Å². The molecule has 0 aliphatic rings. The van der Waals surface area contributed by atoms with Crippen LogP contribution in [0.1, 0.15) is 17.2 Å². The normalized spacial score (nSPS) is 12.9. The highest BCUT2D eigenvalue weighted by Crippen LogP contribution is 2.24. The molecule has 2 aromatic carbocycles. The van der Waals surface area contributed by atoms with Crippen molar-refractivity contribution in [2.75, 3.05) is 14.2 Å². The molecule has 0 saturated carbocycles. The standard InChI is InChI=1S/C17H20N2O6S/c1-12-5-4-6-13(11-12)16(17(24-2)25-3)18-26(22,23)15-9-7-14(8-10-15)19(20)21/h4-11,16-18H,1-3H3. The second-order valence-electron chi connectivity index (χ2n) is 5.60. The highest BCUT2D eigenvalue weighted by atomic mass is 32.2. The Morgan fingerprint density at radius 1 is 1.08 bits per heavy atom. The molecule has 26 heavy (non-hydrogen) atoms. The van der Waals surface area contributed by atoms with Gasteiger partial charge in [-0.05, 0) is 24.6 Å². The van der Waals surface area contributed by atoms with Crippen LogP contribution < -0.4 is 4.72 Å². The van der Waals surface area contributed by atoms with Gasteiger partial charge in [0, 0.05) is 26.4 Å². The minimum Gasteiger partial charge on any atom is -0.354 e. The average molecular weight is 380 g/mol. The molecule has 1 unspecified atom stereocenters. The maximum Gasteiger partial charge on any atom is 0.269 e. The number of rotatable bonds is 8. The van der Waals surface area contributed by atoms with E-state index >= 15 is 0 Å². The highest BCUT2D eigenvalue weighted by Gasteiger charge is 2.29. The zero-order valence-electron chi connectivity index (χ0n) is 14.6. The number of nitrogens with one attached hydrogen (secondary N) is 1. The van der Waals surface area contributed by atoms with Crippen molar-refractivity contribution in [3.8, 4) is 0 Å². The molecule has 0 aliphatic heterocycles. The molecule has 0 saturated heterocycles. The summed E-state index contributed by atoms with van der Waals surface area (Å²) in [5, 5.41) is 10.7. The monoisotopic (exact) mass is 380 g/mol. The van der Waals surface area contributed by atoms with E-state index in [1.54, 1.807) is 12.1 Å². The van der Waals surface area contributed by atoms with Crippen LogP contribution in [-0.4, -0.2) is 33.9 Å². The summed E-state index contributed by atoms with van der Waals surface area (Å²) in [7, 11) is -1.13. The first kappa shape index (κ1) is 20.0. The molecule has 0 bridgehead atoms. The number of hydrogen-bond donors (Lipinski definition) is 1. The Morgan fingerprint density at radius 2 is 1.69 bits per heavy atom. The van der Waals surface area contributed by atoms with Crippen LogP contribution in [0.2, 0.25) is 0 Å². The molecule has 2 rings (SSSR count). The molecular formula is C17H20N2O6S. The fraction of sp³-hybridized carbons (Fsp3) is 0.294. The topological polar surface area (TPSA) is 108 Å². The molecule has 0 radical (unpaired) electrons. The third-order valence-electron chi connectivity index (χ3n) is 3.78. The molecule has 0 aromatic heterocycles.